The fraction of sp³-hybridized carbons (Fsp3) is 0.500. The van der Waals surface area contributed by atoms with E-state index in [2.05, 4.69) is 10.6 Å². The summed E-state index contributed by atoms with van der Waals surface area (Å²) in [6.45, 7) is 5.71. The molecule has 0 saturated heterocycles. The van der Waals surface area contributed by atoms with Gasteiger partial charge in [0.25, 0.3) is 0 Å². The molecule has 22 heavy (non-hydrogen) atoms. The number of benzene rings is 1. The van der Waals surface area contributed by atoms with E-state index in [0.29, 0.717) is 5.69 Å². The highest BCUT2D eigenvalue weighted by molar-refractivity contribution is 5.95. The van der Waals surface area contributed by atoms with E-state index < -0.39 is 12.0 Å². The molecule has 6 heteroatoms. The fourth-order valence-electron chi connectivity index (χ4n) is 1.98. The first-order valence-electron chi connectivity index (χ1n) is 7.21. The zero-order chi connectivity index (χ0) is 16.8. The van der Waals surface area contributed by atoms with Gasteiger partial charge < -0.3 is 20.8 Å². The summed E-state index contributed by atoms with van der Waals surface area (Å²) in [5.41, 5.74) is 1.06. The molecule has 0 aliphatic heterocycles. The number of anilines is 1. The summed E-state index contributed by atoms with van der Waals surface area (Å²) in [5.74, 6) is -1.20. The van der Waals surface area contributed by atoms with Gasteiger partial charge >= 0.3 is 5.97 Å². The number of hydrogen-bond donors (Lipinski definition) is 4. The van der Waals surface area contributed by atoms with E-state index in [1.54, 1.807) is 24.3 Å². The number of carbonyl (C=O) groups excluding carboxylic acids is 1. The number of aliphatic hydroxyl groups is 1. The molecule has 1 rings (SSSR count). The van der Waals surface area contributed by atoms with Crippen molar-refractivity contribution in [1.82, 2.24) is 5.32 Å². The standard InChI is InChI=1S/C16H24N2O4/c1-16(2,3)18-13(8-9-14(20)21)15(22)17-12-6-4-11(10-19)5-7-12/h4-7,13,18-19H,8-10H2,1-3H3,(H,17,22)(H,20,21)/t13-/m0/s1. The minimum absolute atomic E-state index is 0.0545. The largest absolute Gasteiger partial charge is 0.481 e. The van der Waals surface area contributed by atoms with Gasteiger partial charge in [-0.1, -0.05) is 12.1 Å². The van der Waals surface area contributed by atoms with Crippen LogP contribution in [0.1, 0.15) is 39.2 Å². The van der Waals surface area contributed by atoms with Gasteiger partial charge in [-0.2, -0.15) is 0 Å². The van der Waals surface area contributed by atoms with Crippen molar-refractivity contribution in [2.24, 2.45) is 0 Å². The Morgan fingerprint density at radius 3 is 2.23 bits per heavy atom. The molecule has 1 aromatic rings. The maximum atomic E-state index is 12.3. The molecule has 0 saturated carbocycles. The van der Waals surface area contributed by atoms with Gasteiger partial charge in [0, 0.05) is 17.6 Å². The molecular formula is C16H24N2O4. The molecule has 0 bridgehead atoms. The van der Waals surface area contributed by atoms with Gasteiger partial charge in [-0.05, 0) is 44.9 Å². The number of rotatable bonds is 7. The van der Waals surface area contributed by atoms with E-state index in [9.17, 15) is 9.59 Å². The molecule has 0 fully saturated rings. The van der Waals surface area contributed by atoms with Crippen LogP contribution in [0, 0.1) is 0 Å². The third-order valence-corrected chi connectivity index (χ3v) is 2.97. The third kappa shape index (κ3) is 6.69. The van der Waals surface area contributed by atoms with Crippen molar-refractivity contribution in [1.29, 1.82) is 0 Å². The van der Waals surface area contributed by atoms with E-state index in [1.165, 1.54) is 0 Å². The van der Waals surface area contributed by atoms with Crippen LogP contribution in [0.5, 0.6) is 0 Å². The van der Waals surface area contributed by atoms with Crippen LogP contribution in [0.2, 0.25) is 0 Å². The summed E-state index contributed by atoms with van der Waals surface area (Å²) in [7, 11) is 0. The number of hydrogen-bond acceptors (Lipinski definition) is 4. The van der Waals surface area contributed by atoms with Gasteiger partial charge in [0.1, 0.15) is 0 Å². The number of aliphatic carboxylic acids is 1. The highest BCUT2D eigenvalue weighted by Gasteiger charge is 2.24. The summed E-state index contributed by atoms with van der Waals surface area (Å²) >= 11 is 0. The topological polar surface area (TPSA) is 98.7 Å². The number of aliphatic hydroxyl groups excluding tert-OH is 1. The molecule has 6 nitrogen and oxygen atoms in total. The zero-order valence-electron chi connectivity index (χ0n) is 13.2. The normalized spacial score (nSPS) is 12.7. The van der Waals surface area contributed by atoms with Crippen molar-refractivity contribution in [3.05, 3.63) is 29.8 Å². The van der Waals surface area contributed by atoms with Crippen molar-refractivity contribution in [3.63, 3.8) is 0 Å². The molecule has 1 aromatic carbocycles. The second-order valence-corrected chi connectivity index (χ2v) is 6.22. The molecule has 0 aliphatic rings. The summed E-state index contributed by atoms with van der Waals surface area (Å²) in [5, 5.41) is 23.7. The van der Waals surface area contributed by atoms with Gasteiger partial charge in [-0.15, -0.1) is 0 Å². The van der Waals surface area contributed by atoms with Crippen LogP contribution in [0.3, 0.4) is 0 Å². The molecule has 0 aliphatic carbocycles. The highest BCUT2D eigenvalue weighted by atomic mass is 16.4. The lowest BCUT2D eigenvalue weighted by atomic mass is 10.0. The maximum Gasteiger partial charge on any atom is 0.303 e. The SMILES string of the molecule is CC(C)(C)N[C@@H](CCC(=O)O)C(=O)Nc1ccc(CO)cc1. The van der Waals surface area contributed by atoms with Gasteiger partial charge in [-0.25, -0.2) is 0 Å². The second-order valence-electron chi connectivity index (χ2n) is 6.22. The minimum Gasteiger partial charge on any atom is -0.481 e. The number of carboxylic acid groups (broad SMARTS) is 1. The van der Waals surface area contributed by atoms with Crippen LogP contribution in [0.4, 0.5) is 5.69 Å². The molecule has 0 heterocycles. The van der Waals surface area contributed by atoms with Crippen LogP contribution < -0.4 is 10.6 Å². The molecular weight excluding hydrogens is 284 g/mol. The van der Waals surface area contributed by atoms with Crippen molar-refractivity contribution >= 4 is 17.6 Å². The Balaban J connectivity index is 2.74. The Kier molecular flexibility index (Phi) is 6.52. The Labute approximate surface area is 130 Å². The second kappa shape index (κ2) is 7.91. The first-order valence-corrected chi connectivity index (χ1v) is 7.21. The van der Waals surface area contributed by atoms with E-state index in [4.69, 9.17) is 10.2 Å². The van der Waals surface area contributed by atoms with Crippen LogP contribution in [-0.4, -0.2) is 33.7 Å². The molecule has 4 N–H and O–H groups in total. The maximum absolute atomic E-state index is 12.3. The summed E-state index contributed by atoms with van der Waals surface area (Å²) < 4.78 is 0. The summed E-state index contributed by atoms with van der Waals surface area (Å²) in [4.78, 5) is 23.1. The van der Waals surface area contributed by atoms with Crippen molar-refractivity contribution in [3.8, 4) is 0 Å². The number of carboxylic acids is 1. The molecule has 0 unspecified atom stereocenters. The van der Waals surface area contributed by atoms with Crippen LogP contribution >= 0.6 is 0 Å². The first kappa shape index (κ1) is 18.1. The molecule has 1 amide bonds. The minimum atomic E-state index is -0.930. The number of amides is 1. The molecule has 0 aromatic heterocycles. The average Bonchev–Trinajstić information content (AvgIpc) is 2.42. The van der Waals surface area contributed by atoms with Gasteiger partial charge in [0.05, 0.1) is 12.6 Å². The van der Waals surface area contributed by atoms with Crippen LogP contribution in [0.25, 0.3) is 0 Å². The Morgan fingerprint density at radius 1 is 1.18 bits per heavy atom. The van der Waals surface area contributed by atoms with E-state index in [1.807, 2.05) is 20.8 Å². The van der Waals surface area contributed by atoms with E-state index in [0.717, 1.165) is 5.56 Å². The lowest BCUT2D eigenvalue weighted by Crippen LogP contribution is -2.49. The lowest BCUT2D eigenvalue weighted by Gasteiger charge is -2.27. The Hall–Kier alpha value is -1.92. The zero-order valence-corrected chi connectivity index (χ0v) is 13.2. The number of nitrogens with one attached hydrogen (secondary N) is 2. The Bertz CT molecular complexity index is 506. The smallest absolute Gasteiger partial charge is 0.303 e. The monoisotopic (exact) mass is 308 g/mol. The van der Waals surface area contributed by atoms with Gasteiger partial charge in [0.15, 0.2) is 0 Å². The van der Waals surface area contributed by atoms with Crippen LogP contribution in [0.15, 0.2) is 24.3 Å². The molecule has 122 valence electrons. The average molecular weight is 308 g/mol. The van der Waals surface area contributed by atoms with Gasteiger partial charge in [0.2, 0.25) is 5.91 Å². The predicted octanol–water partition coefficient (Wildman–Crippen LogP) is 1.74. The molecule has 0 spiro atoms. The molecule has 1 atom stereocenters. The van der Waals surface area contributed by atoms with Crippen molar-refractivity contribution < 1.29 is 19.8 Å². The predicted molar refractivity (Wildman–Crippen MR) is 84.5 cm³/mol. The van der Waals surface area contributed by atoms with Crippen molar-refractivity contribution in [2.75, 3.05) is 5.32 Å². The first-order chi connectivity index (χ1) is 10.2. The third-order valence-electron chi connectivity index (χ3n) is 2.97. The van der Waals surface area contributed by atoms with E-state index >= 15 is 0 Å². The lowest BCUT2D eigenvalue weighted by molar-refractivity contribution is -0.137. The number of carbonyl (C=O) groups is 2. The van der Waals surface area contributed by atoms with Gasteiger partial charge in [-0.3, -0.25) is 9.59 Å². The van der Waals surface area contributed by atoms with Crippen molar-refractivity contribution in [2.45, 2.75) is 51.8 Å². The summed E-state index contributed by atoms with van der Waals surface area (Å²) in [6, 6.07) is 6.26. The Morgan fingerprint density at radius 2 is 1.77 bits per heavy atom. The van der Waals surface area contributed by atoms with Crippen LogP contribution in [-0.2, 0) is 16.2 Å². The quantitative estimate of drug-likeness (QED) is 0.615. The highest BCUT2D eigenvalue weighted by Crippen LogP contribution is 2.12. The molecule has 0 radical (unpaired) electrons. The summed E-state index contributed by atoms with van der Waals surface area (Å²) in [6.07, 6.45) is 0.137. The fourth-order valence-corrected chi connectivity index (χ4v) is 1.98. The van der Waals surface area contributed by atoms with E-state index in [-0.39, 0.29) is 30.9 Å².